The fourth-order valence-electron chi connectivity index (χ4n) is 1.54. The lowest BCUT2D eigenvalue weighted by molar-refractivity contribution is 0.711. The van der Waals surface area contributed by atoms with Crippen molar-refractivity contribution in [2.75, 3.05) is 0 Å². The maximum Gasteiger partial charge on any atom is 0.147 e. The molecular formula is C11H12BrN3. The summed E-state index contributed by atoms with van der Waals surface area (Å²) in [7, 11) is 1.92. The van der Waals surface area contributed by atoms with Gasteiger partial charge in [-0.25, -0.2) is 4.98 Å². The Hall–Kier alpha value is -1.16. The summed E-state index contributed by atoms with van der Waals surface area (Å²) >= 11 is 3.46. The summed E-state index contributed by atoms with van der Waals surface area (Å²) in [4.78, 5) is 4.37. The molecule has 1 aromatic heterocycles. The number of halogens is 1. The minimum Gasteiger partial charge on any atom is -0.253 e. The summed E-state index contributed by atoms with van der Waals surface area (Å²) in [5, 5.41) is 4.22. The summed E-state index contributed by atoms with van der Waals surface area (Å²) < 4.78 is 2.93. The highest BCUT2D eigenvalue weighted by Crippen LogP contribution is 2.14. The predicted octanol–water partition coefficient (Wildman–Crippen LogP) is 2.48. The Labute approximate surface area is 97.3 Å². The van der Waals surface area contributed by atoms with E-state index in [9.17, 15) is 0 Å². The van der Waals surface area contributed by atoms with Crippen molar-refractivity contribution in [2.24, 2.45) is 7.05 Å². The van der Waals surface area contributed by atoms with Crippen LogP contribution in [-0.2, 0) is 13.5 Å². The summed E-state index contributed by atoms with van der Waals surface area (Å²) in [6.45, 7) is 1.91. The van der Waals surface area contributed by atoms with Gasteiger partial charge in [0.1, 0.15) is 11.6 Å². The lowest BCUT2D eigenvalue weighted by atomic mass is 10.1. The van der Waals surface area contributed by atoms with Crippen LogP contribution in [0.15, 0.2) is 28.7 Å². The molecule has 0 unspecified atom stereocenters. The van der Waals surface area contributed by atoms with Crippen LogP contribution in [0.5, 0.6) is 0 Å². The van der Waals surface area contributed by atoms with Crippen LogP contribution in [0.4, 0.5) is 0 Å². The predicted molar refractivity (Wildman–Crippen MR) is 62.7 cm³/mol. The molecule has 78 valence electrons. The first-order chi connectivity index (χ1) is 7.15. The van der Waals surface area contributed by atoms with Crippen LogP contribution in [0.25, 0.3) is 0 Å². The van der Waals surface area contributed by atoms with Crippen LogP contribution in [0.1, 0.15) is 17.2 Å². The van der Waals surface area contributed by atoms with Crippen LogP contribution >= 0.6 is 15.9 Å². The molecular weight excluding hydrogens is 254 g/mol. The molecule has 2 aromatic rings. The fraction of sp³-hybridized carbons (Fsp3) is 0.273. The minimum atomic E-state index is 0.816. The van der Waals surface area contributed by atoms with E-state index in [-0.39, 0.29) is 0 Å². The standard InChI is InChI=1S/C11H12BrN3/c1-8-13-11(15(2)14-8)7-9-4-3-5-10(12)6-9/h3-6H,7H2,1-2H3. The zero-order chi connectivity index (χ0) is 10.8. The molecule has 0 N–H and O–H groups in total. The number of hydrogen-bond donors (Lipinski definition) is 0. The largest absolute Gasteiger partial charge is 0.253 e. The van der Waals surface area contributed by atoms with Gasteiger partial charge in [0, 0.05) is 17.9 Å². The van der Waals surface area contributed by atoms with Gasteiger partial charge < -0.3 is 0 Å². The second-order valence-corrected chi connectivity index (χ2v) is 4.42. The van der Waals surface area contributed by atoms with E-state index in [0.29, 0.717) is 0 Å². The Morgan fingerprint density at radius 1 is 1.40 bits per heavy atom. The Morgan fingerprint density at radius 2 is 2.20 bits per heavy atom. The van der Waals surface area contributed by atoms with Crippen molar-refractivity contribution in [3.63, 3.8) is 0 Å². The van der Waals surface area contributed by atoms with E-state index in [1.54, 1.807) is 0 Å². The molecule has 4 heteroatoms. The molecule has 0 bridgehead atoms. The van der Waals surface area contributed by atoms with Crippen molar-refractivity contribution in [2.45, 2.75) is 13.3 Å². The molecule has 0 amide bonds. The maximum absolute atomic E-state index is 4.37. The number of hydrogen-bond acceptors (Lipinski definition) is 2. The zero-order valence-corrected chi connectivity index (χ0v) is 10.3. The minimum absolute atomic E-state index is 0.816. The molecule has 0 atom stereocenters. The van der Waals surface area contributed by atoms with Crippen molar-refractivity contribution in [3.05, 3.63) is 46.0 Å². The van der Waals surface area contributed by atoms with E-state index in [4.69, 9.17) is 0 Å². The molecule has 0 aliphatic carbocycles. The van der Waals surface area contributed by atoms with Crippen LogP contribution < -0.4 is 0 Å². The van der Waals surface area contributed by atoms with E-state index in [1.165, 1.54) is 5.56 Å². The second-order valence-electron chi connectivity index (χ2n) is 3.51. The summed E-state index contributed by atoms with van der Waals surface area (Å²) in [6.07, 6.45) is 0.816. The molecule has 0 spiro atoms. The molecule has 0 saturated heterocycles. The van der Waals surface area contributed by atoms with E-state index in [0.717, 1.165) is 22.5 Å². The van der Waals surface area contributed by atoms with Gasteiger partial charge in [-0.05, 0) is 24.6 Å². The Morgan fingerprint density at radius 3 is 2.80 bits per heavy atom. The van der Waals surface area contributed by atoms with Crippen molar-refractivity contribution < 1.29 is 0 Å². The van der Waals surface area contributed by atoms with Crippen molar-refractivity contribution >= 4 is 15.9 Å². The van der Waals surface area contributed by atoms with Gasteiger partial charge in [0.05, 0.1) is 0 Å². The third-order valence-corrected chi connectivity index (χ3v) is 2.70. The molecule has 0 radical (unpaired) electrons. The Balaban J connectivity index is 2.25. The monoisotopic (exact) mass is 265 g/mol. The van der Waals surface area contributed by atoms with E-state index in [2.05, 4.69) is 38.1 Å². The van der Waals surface area contributed by atoms with Gasteiger partial charge in [-0.1, -0.05) is 28.1 Å². The summed E-state index contributed by atoms with van der Waals surface area (Å²) in [6, 6.07) is 8.24. The molecule has 0 saturated carbocycles. The molecule has 1 aromatic carbocycles. The van der Waals surface area contributed by atoms with Crippen molar-refractivity contribution in [1.82, 2.24) is 14.8 Å². The van der Waals surface area contributed by atoms with Gasteiger partial charge >= 0.3 is 0 Å². The van der Waals surface area contributed by atoms with Gasteiger partial charge in [0.2, 0.25) is 0 Å². The average molecular weight is 266 g/mol. The van der Waals surface area contributed by atoms with Gasteiger partial charge in [0.25, 0.3) is 0 Å². The first-order valence-corrected chi connectivity index (χ1v) is 5.55. The first-order valence-electron chi connectivity index (χ1n) is 4.76. The lowest BCUT2D eigenvalue weighted by Gasteiger charge is -2.01. The summed E-state index contributed by atoms with van der Waals surface area (Å²) in [5.41, 5.74) is 1.24. The molecule has 0 aliphatic rings. The third kappa shape index (κ3) is 2.45. The van der Waals surface area contributed by atoms with Crippen LogP contribution in [0, 0.1) is 6.92 Å². The van der Waals surface area contributed by atoms with Gasteiger partial charge in [-0.3, -0.25) is 4.68 Å². The first kappa shape index (κ1) is 10.4. The topological polar surface area (TPSA) is 30.7 Å². The van der Waals surface area contributed by atoms with Gasteiger partial charge in [-0.15, -0.1) is 0 Å². The van der Waals surface area contributed by atoms with Crippen molar-refractivity contribution in [1.29, 1.82) is 0 Å². The van der Waals surface area contributed by atoms with E-state index < -0.39 is 0 Å². The van der Waals surface area contributed by atoms with Crippen LogP contribution in [-0.4, -0.2) is 14.8 Å². The molecule has 2 rings (SSSR count). The number of aryl methyl sites for hydroxylation is 2. The zero-order valence-electron chi connectivity index (χ0n) is 8.74. The van der Waals surface area contributed by atoms with Gasteiger partial charge in [-0.2, -0.15) is 5.10 Å². The van der Waals surface area contributed by atoms with E-state index in [1.807, 2.05) is 30.8 Å². The molecule has 15 heavy (non-hydrogen) atoms. The highest BCUT2D eigenvalue weighted by molar-refractivity contribution is 9.10. The highest BCUT2D eigenvalue weighted by Gasteiger charge is 2.04. The van der Waals surface area contributed by atoms with E-state index >= 15 is 0 Å². The third-order valence-electron chi connectivity index (χ3n) is 2.21. The number of aromatic nitrogens is 3. The Bertz CT molecular complexity index is 476. The number of rotatable bonds is 2. The number of nitrogens with zero attached hydrogens (tertiary/aromatic N) is 3. The SMILES string of the molecule is Cc1nc(Cc2cccc(Br)c2)n(C)n1. The smallest absolute Gasteiger partial charge is 0.147 e. The highest BCUT2D eigenvalue weighted by atomic mass is 79.9. The molecule has 3 nitrogen and oxygen atoms in total. The maximum atomic E-state index is 4.37. The van der Waals surface area contributed by atoms with Gasteiger partial charge in [0.15, 0.2) is 0 Å². The van der Waals surface area contributed by atoms with Crippen molar-refractivity contribution in [3.8, 4) is 0 Å². The Kier molecular flexibility index (Phi) is 2.86. The molecule has 0 fully saturated rings. The lowest BCUT2D eigenvalue weighted by Crippen LogP contribution is -2.00. The molecule has 0 aliphatic heterocycles. The molecule has 1 heterocycles. The second kappa shape index (κ2) is 4.14. The fourth-order valence-corrected chi connectivity index (χ4v) is 1.99. The van der Waals surface area contributed by atoms with Crippen LogP contribution in [0.2, 0.25) is 0 Å². The normalized spacial score (nSPS) is 10.6. The number of benzene rings is 1. The average Bonchev–Trinajstić information content (AvgIpc) is 2.45. The quantitative estimate of drug-likeness (QED) is 0.836. The van der Waals surface area contributed by atoms with Crippen LogP contribution in [0.3, 0.4) is 0 Å². The summed E-state index contributed by atoms with van der Waals surface area (Å²) in [5.74, 6) is 1.81.